The molecule has 0 saturated carbocycles. The van der Waals surface area contributed by atoms with Gasteiger partial charge in [0.25, 0.3) is 0 Å². The molecule has 3 rings (SSSR count). The molecule has 0 bridgehead atoms. The summed E-state index contributed by atoms with van der Waals surface area (Å²) in [6, 6.07) is 10.6. The van der Waals surface area contributed by atoms with Gasteiger partial charge < -0.3 is 12.4 Å². The molecule has 0 aromatic heterocycles. The van der Waals surface area contributed by atoms with Crippen molar-refractivity contribution >= 4 is 30.0 Å². The minimum Gasteiger partial charge on any atom is -1.00 e. The van der Waals surface area contributed by atoms with Gasteiger partial charge in [-0.2, -0.15) is 0 Å². The third kappa shape index (κ3) is 2.59. The Balaban J connectivity index is 0.00000147. The summed E-state index contributed by atoms with van der Waals surface area (Å²) in [5.74, 6) is 0. The number of nitrogen functional groups attached to an aromatic ring is 1. The van der Waals surface area contributed by atoms with E-state index in [-0.39, 0.29) is 26.9 Å². The molecule has 1 heterocycles. The fourth-order valence-electron chi connectivity index (χ4n) is 2.06. The molecule has 20 heavy (non-hydrogen) atoms. The van der Waals surface area contributed by atoms with Gasteiger partial charge in [0.1, 0.15) is 0 Å². The fourth-order valence-corrected chi connectivity index (χ4v) is 4.22. The monoisotopic (exact) mass is 353 g/mol. The second kappa shape index (κ2) is 5.57. The van der Waals surface area contributed by atoms with Crippen LogP contribution in [0.4, 0.5) is 5.69 Å². The molecule has 5 heteroatoms. The van der Waals surface area contributed by atoms with E-state index in [1.54, 1.807) is 0 Å². The Morgan fingerprint density at radius 3 is 2.60 bits per heavy atom. The molecule has 104 valence electrons. The van der Waals surface area contributed by atoms with E-state index < -0.39 is 0 Å². The molecule has 1 aliphatic heterocycles. The first-order chi connectivity index (χ1) is 9.04. The molecule has 0 spiro atoms. The first kappa shape index (κ1) is 15.0. The van der Waals surface area contributed by atoms with Crippen LogP contribution in [0.1, 0.15) is 5.56 Å². The maximum atomic E-state index is 6.00. The molecule has 0 radical (unpaired) electrons. The average molecular weight is 353 g/mol. The number of fused-ring (bicyclic) bond motifs is 2. The Kier molecular flexibility index (Phi) is 4.19. The van der Waals surface area contributed by atoms with Gasteiger partial charge in [-0.05, 0) is 0 Å². The average Bonchev–Trinajstić information content (AvgIpc) is 2.37. The van der Waals surface area contributed by atoms with E-state index in [9.17, 15) is 0 Å². The van der Waals surface area contributed by atoms with Crippen molar-refractivity contribution in [2.75, 3.05) is 19.8 Å². The third-order valence-corrected chi connectivity index (χ3v) is 5.56. The smallest absolute Gasteiger partial charge is 1.00 e. The van der Waals surface area contributed by atoms with Gasteiger partial charge >= 0.3 is 118 Å². The number of nitrogens with zero attached hydrogens (tertiary/aromatic N) is 2. The Labute approximate surface area is 130 Å². The number of aromatic nitrogens is 1. The molecule has 0 fully saturated rings. The third-order valence-electron chi connectivity index (χ3n) is 3.27. The standard InChI is InChI=1S/C15H15N3Se.ClH/c1-9-6-13-15(8-11(9)16)19-14-7-10(18(2)3)4-5-12(14)17-13;/h4-8,16H,1-3H3;1H. The van der Waals surface area contributed by atoms with Crippen molar-refractivity contribution in [1.29, 1.82) is 0 Å². The van der Waals surface area contributed by atoms with Crippen LogP contribution in [0.3, 0.4) is 0 Å². The van der Waals surface area contributed by atoms with Crippen LogP contribution in [0.25, 0.3) is 19.9 Å². The second-order valence-electron chi connectivity index (χ2n) is 4.94. The first-order valence-corrected chi connectivity index (χ1v) is 7.87. The fraction of sp³-hybridized carbons (Fsp3) is 0.200. The van der Waals surface area contributed by atoms with Gasteiger partial charge in [-0.25, -0.2) is 0 Å². The van der Waals surface area contributed by atoms with Crippen molar-refractivity contribution in [2.45, 2.75) is 6.92 Å². The quantitative estimate of drug-likeness (QED) is 0.227. The van der Waals surface area contributed by atoms with E-state index in [0.717, 1.165) is 22.5 Å². The van der Waals surface area contributed by atoms with E-state index in [1.807, 2.05) is 6.92 Å². The van der Waals surface area contributed by atoms with Gasteiger partial charge in [-0.1, -0.05) is 0 Å². The van der Waals surface area contributed by atoms with Crippen LogP contribution in [0.5, 0.6) is 0 Å². The molecule has 2 aliphatic rings. The van der Waals surface area contributed by atoms with Gasteiger partial charge in [-0.15, -0.1) is 0 Å². The normalized spacial score (nSPS) is 10.6. The Morgan fingerprint density at radius 2 is 1.90 bits per heavy atom. The summed E-state index contributed by atoms with van der Waals surface area (Å²) in [5, 5.41) is 1.22. The number of halogens is 1. The summed E-state index contributed by atoms with van der Waals surface area (Å²) in [5.41, 5.74) is 10.1. The first-order valence-electron chi connectivity index (χ1n) is 6.15. The van der Waals surface area contributed by atoms with E-state index in [2.05, 4.69) is 49.0 Å². The second-order valence-corrected chi connectivity index (χ2v) is 7.21. The Hall–Kier alpha value is -1.35. The maximum absolute atomic E-state index is 6.00. The number of aryl methyl sites for hydroxylation is 1. The molecular weight excluding hydrogens is 337 g/mol. The minimum atomic E-state index is 0. The van der Waals surface area contributed by atoms with Crippen molar-refractivity contribution in [3.63, 3.8) is 0 Å². The van der Waals surface area contributed by atoms with Gasteiger partial charge in [-0.3, -0.25) is 0 Å². The van der Waals surface area contributed by atoms with Gasteiger partial charge in [0.15, 0.2) is 0 Å². The number of rotatable bonds is 0. The molecule has 0 atom stereocenters. The topological polar surface area (TPSA) is 41.9 Å². The molecule has 0 saturated heterocycles. The van der Waals surface area contributed by atoms with Crippen LogP contribution in [0, 0.1) is 6.92 Å². The number of anilines is 1. The van der Waals surface area contributed by atoms with E-state index in [4.69, 9.17) is 10.7 Å². The SMILES string of the molecule is Cc1cc2nc3ccc(=[N+](C)C)cc-3[se]c2cc1N.[Cl-]. The summed E-state index contributed by atoms with van der Waals surface area (Å²) in [4.78, 5) is 4.75. The largest absolute Gasteiger partial charge is 1.00 e. The molecule has 1 aromatic rings. The molecule has 0 unspecified atom stereocenters. The zero-order valence-corrected chi connectivity index (χ0v) is 14.1. The molecular formula is C15H16ClN3Se. The predicted octanol–water partition coefficient (Wildman–Crippen LogP) is -1.68. The Morgan fingerprint density at radius 1 is 1.15 bits per heavy atom. The molecule has 2 N–H and O–H groups in total. The summed E-state index contributed by atoms with van der Waals surface area (Å²) < 4.78 is 4.73. The van der Waals surface area contributed by atoms with Crippen molar-refractivity contribution in [2.24, 2.45) is 0 Å². The summed E-state index contributed by atoms with van der Waals surface area (Å²) >= 11 is 0.278. The van der Waals surface area contributed by atoms with E-state index >= 15 is 0 Å². The molecule has 0 amide bonds. The number of nitrogens with two attached hydrogens (primary N) is 1. The number of hydrogen-bond acceptors (Lipinski definition) is 2. The van der Waals surface area contributed by atoms with E-state index in [0.29, 0.717) is 0 Å². The number of benzene rings is 2. The van der Waals surface area contributed by atoms with Gasteiger partial charge in [0, 0.05) is 0 Å². The van der Waals surface area contributed by atoms with E-state index in [1.165, 1.54) is 14.1 Å². The van der Waals surface area contributed by atoms with Crippen LogP contribution in [-0.2, 0) is 0 Å². The van der Waals surface area contributed by atoms with Crippen LogP contribution in [0.2, 0.25) is 0 Å². The summed E-state index contributed by atoms with van der Waals surface area (Å²) in [7, 11) is 4.12. The zero-order chi connectivity index (χ0) is 13.6. The molecule has 1 aliphatic carbocycles. The van der Waals surface area contributed by atoms with Crippen molar-refractivity contribution in [3.05, 3.63) is 41.3 Å². The molecule has 1 aromatic carbocycles. The van der Waals surface area contributed by atoms with Crippen LogP contribution in [-0.4, -0.2) is 33.6 Å². The summed E-state index contributed by atoms with van der Waals surface area (Å²) in [6.07, 6.45) is 0. The minimum absolute atomic E-state index is 0. The van der Waals surface area contributed by atoms with Crippen LogP contribution >= 0.6 is 0 Å². The Bertz CT molecular complexity index is 819. The van der Waals surface area contributed by atoms with Crippen LogP contribution < -0.4 is 28.1 Å². The zero-order valence-electron chi connectivity index (χ0n) is 11.6. The summed E-state index contributed by atoms with van der Waals surface area (Å²) in [6.45, 7) is 2.03. The van der Waals surface area contributed by atoms with Gasteiger partial charge in [0.05, 0.1) is 0 Å². The van der Waals surface area contributed by atoms with Crippen molar-refractivity contribution in [3.8, 4) is 10.1 Å². The van der Waals surface area contributed by atoms with Crippen molar-refractivity contribution < 1.29 is 12.4 Å². The predicted molar refractivity (Wildman–Crippen MR) is 81.6 cm³/mol. The van der Waals surface area contributed by atoms with Crippen LogP contribution in [0.15, 0.2) is 30.3 Å². The molecule has 3 nitrogen and oxygen atoms in total. The maximum Gasteiger partial charge on any atom is -1.00 e. The van der Waals surface area contributed by atoms with Crippen molar-refractivity contribution in [1.82, 2.24) is 9.56 Å². The van der Waals surface area contributed by atoms with Gasteiger partial charge in [0.2, 0.25) is 0 Å². The number of hydrogen-bond donors (Lipinski definition) is 1.